The van der Waals surface area contributed by atoms with E-state index in [-0.39, 0.29) is 0 Å². The molecule has 3 aromatic rings. The number of para-hydroxylation sites is 1. The van der Waals surface area contributed by atoms with Gasteiger partial charge in [-0.05, 0) is 31.3 Å². The van der Waals surface area contributed by atoms with Crippen molar-refractivity contribution in [3.05, 3.63) is 77.6 Å². The van der Waals surface area contributed by atoms with Gasteiger partial charge in [0, 0.05) is 12.1 Å². The van der Waals surface area contributed by atoms with Crippen LogP contribution in [0.5, 0.6) is 5.75 Å². The summed E-state index contributed by atoms with van der Waals surface area (Å²) in [5.74, 6) is 1.58. The molecule has 0 radical (unpaired) electrons. The largest absolute Gasteiger partial charge is 0.496 e. The number of methoxy groups -OCH3 is 1. The number of hydrogen-bond acceptors (Lipinski definition) is 3. The second-order valence-corrected chi connectivity index (χ2v) is 6.99. The summed E-state index contributed by atoms with van der Waals surface area (Å²) < 4.78 is 10.2. The Labute approximate surface area is 171 Å². The van der Waals surface area contributed by atoms with Gasteiger partial charge < -0.3 is 9.64 Å². The minimum atomic E-state index is 0.604. The molecule has 6 heteroatoms. The van der Waals surface area contributed by atoms with Gasteiger partial charge in [0.2, 0.25) is 4.77 Å². The summed E-state index contributed by atoms with van der Waals surface area (Å²) in [6.07, 6.45) is 1.84. The topological polar surface area (TPSA) is 36.4 Å². The number of aromatic nitrogens is 3. The van der Waals surface area contributed by atoms with Crippen LogP contribution in [0.2, 0.25) is 0 Å². The first-order chi connectivity index (χ1) is 13.7. The Hall–Kier alpha value is -2.70. The fraction of sp³-hybridized carbons (Fsp3) is 0.273. The molecule has 2 aromatic carbocycles. The van der Waals surface area contributed by atoms with Crippen molar-refractivity contribution in [2.45, 2.75) is 26.7 Å². The molecule has 3 rings (SSSR count). The SMILES string of the molecule is C=CCn1c(-c2ccccc2OC)nn(C[NH+](CC)Cc2ccccc2)c1=S. The summed E-state index contributed by atoms with van der Waals surface area (Å²) in [4.78, 5) is 1.39. The Morgan fingerprint density at radius 3 is 2.54 bits per heavy atom. The van der Waals surface area contributed by atoms with E-state index in [9.17, 15) is 0 Å². The normalized spacial score (nSPS) is 11.9. The van der Waals surface area contributed by atoms with Gasteiger partial charge in [0.25, 0.3) is 0 Å². The van der Waals surface area contributed by atoms with Crippen molar-refractivity contribution in [2.75, 3.05) is 13.7 Å². The zero-order valence-electron chi connectivity index (χ0n) is 16.5. The fourth-order valence-corrected chi connectivity index (χ4v) is 3.52. The molecule has 0 aliphatic carbocycles. The molecule has 0 aliphatic rings. The van der Waals surface area contributed by atoms with Crippen molar-refractivity contribution in [3.8, 4) is 17.1 Å². The Balaban J connectivity index is 1.95. The fourth-order valence-electron chi connectivity index (χ4n) is 3.26. The first-order valence-electron chi connectivity index (χ1n) is 9.47. The van der Waals surface area contributed by atoms with Crippen molar-refractivity contribution in [1.29, 1.82) is 0 Å². The van der Waals surface area contributed by atoms with Crippen LogP contribution in [-0.4, -0.2) is 28.0 Å². The molecule has 1 aromatic heterocycles. The Bertz CT molecular complexity index is 978. The number of rotatable bonds is 9. The number of nitrogens with zero attached hydrogens (tertiary/aromatic N) is 3. The Kier molecular flexibility index (Phi) is 6.79. The van der Waals surface area contributed by atoms with E-state index in [1.807, 2.05) is 45.7 Å². The molecule has 1 unspecified atom stereocenters. The maximum absolute atomic E-state index is 5.75. The molecule has 5 nitrogen and oxygen atoms in total. The number of allylic oxidation sites excluding steroid dienone is 1. The van der Waals surface area contributed by atoms with Crippen LogP contribution >= 0.6 is 12.2 Å². The Morgan fingerprint density at radius 2 is 1.86 bits per heavy atom. The second kappa shape index (κ2) is 9.48. The zero-order chi connectivity index (χ0) is 19.9. The predicted molar refractivity (Wildman–Crippen MR) is 115 cm³/mol. The minimum absolute atomic E-state index is 0.604. The lowest BCUT2D eigenvalue weighted by molar-refractivity contribution is -0.935. The van der Waals surface area contributed by atoms with E-state index in [4.69, 9.17) is 22.1 Å². The number of nitrogens with one attached hydrogen (secondary N) is 1. The molecule has 1 heterocycles. The molecule has 1 atom stereocenters. The van der Waals surface area contributed by atoms with Crippen molar-refractivity contribution < 1.29 is 9.64 Å². The van der Waals surface area contributed by atoms with Crippen LogP contribution in [-0.2, 0) is 19.8 Å². The van der Waals surface area contributed by atoms with E-state index in [1.165, 1.54) is 10.5 Å². The highest BCUT2D eigenvalue weighted by Gasteiger charge is 2.18. The molecular formula is C22H27N4OS+. The van der Waals surface area contributed by atoms with Crippen LogP contribution in [0.3, 0.4) is 0 Å². The quantitative estimate of drug-likeness (QED) is 0.446. The predicted octanol–water partition coefficient (Wildman–Crippen LogP) is 3.34. The lowest BCUT2D eigenvalue weighted by Gasteiger charge is -2.17. The number of benzene rings is 2. The molecule has 0 bridgehead atoms. The summed E-state index contributed by atoms with van der Waals surface area (Å²) in [7, 11) is 1.67. The lowest BCUT2D eigenvalue weighted by atomic mass is 10.2. The van der Waals surface area contributed by atoms with Crippen molar-refractivity contribution in [1.82, 2.24) is 14.3 Å². The second-order valence-electron chi connectivity index (χ2n) is 6.63. The molecule has 0 spiro atoms. The molecule has 0 aliphatic heterocycles. The van der Waals surface area contributed by atoms with E-state index < -0.39 is 0 Å². The van der Waals surface area contributed by atoms with Crippen LogP contribution in [0, 0.1) is 4.77 Å². The van der Waals surface area contributed by atoms with Crippen LogP contribution < -0.4 is 9.64 Å². The maximum atomic E-state index is 5.75. The minimum Gasteiger partial charge on any atom is -0.496 e. The molecule has 28 heavy (non-hydrogen) atoms. The molecule has 146 valence electrons. The third kappa shape index (κ3) is 4.40. The van der Waals surface area contributed by atoms with Gasteiger partial charge in [-0.25, -0.2) is 0 Å². The molecule has 0 saturated heterocycles. The molecule has 0 amide bonds. The van der Waals surface area contributed by atoms with E-state index in [0.717, 1.165) is 30.2 Å². The number of hydrogen-bond donors (Lipinski definition) is 1. The van der Waals surface area contributed by atoms with E-state index >= 15 is 0 Å². The summed E-state index contributed by atoms with van der Waals surface area (Å²) in [6.45, 7) is 9.28. The van der Waals surface area contributed by atoms with Gasteiger partial charge >= 0.3 is 0 Å². The average molecular weight is 396 g/mol. The van der Waals surface area contributed by atoms with E-state index in [0.29, 0.717) is 18.0 Å². The highest BCUT2D eigenvalue weighted by atomic mass is 32.1. The van der Waals surface area contributed by atoms with Crippen molar-refractivity contribution >= 4 is 12.2 Å². The highest BCUT2D eigenvalue weighted by Crippen LogP contribution is 2.28. The number of quaternary nitrogens is 1. The Morgan fingerprint density at radius 1 is 1.14 bits per heavy atom. The lowest BCUT2D eigenvalue weighted by Crippen LogP contribution is -3.09. The smallest absolute Gasteiger partial charge is 0.203 e. The van der Waals surface area contributed by atoms with Gasteiger partial charge in [0.15, 0.2) is 12.5 Å². The highest BCUT2D eigenvalue weighted by molar-refractivity contribution is 7.71. The number of ether oxygens (including phenoxy) is 1. The molecule has 0 fully saturated rings. The standard InChI is InChI=1S/C22H26N4OS/c1-4-15-25-21(19-13-9-10-14-20(19)27-3)23-26(22(25)28)17-24(5-2)16-18-11-7-6-8-12-18/h4,6-14H,1,5,15-17H2,2-3H3/p+1. The molecule has 1 N–H and O–H groups in total. The van der Waals surface area contributed by atoms with Gasteiger partial charge in [-0.2, -0.15) is 4.68 Å². The van der Waals surface area contributed by atoms with E-state index in [2.05, 4.69) is 37.8 Å². The van der Waals surface area contributed by atoms with Gasteiger partial charge in [0.05, 0.1) is 19.2 Å². The molecular weight excluding hydrogens is 368 g/mol. The van der Waals surface area contributed by atoms with Crippen LogP contribution in [0.25, 0.3) is 11.4 Å². The monoisotopic (exact) mass is 395 g/mol. The summed E-state index contributed by atoms with van der Waals surface area (Å²) in [5, 5.41) is 4.86. The van der Waals surface area contributed by atoms with E-state index in [1.54, 1.807) is 7.11 Å². The first-order valence-corrected chi connectivity index (χ1v) is 9.88. The van der Waals surface area contributed by atoms with Gasteiger partial charge in [-0.3, -0.25) is 4.57 Å². The third-order valence-corrected chi connectivity index (χ3v) is 5.18. The maximum Gasteiger partial charge on any atom is 0.203 e. The third-order valence-electron chi connectivity index (χ3n) is 4.75. The first kappa shape index (κ1) is 20.0. The summed E-state index contributed by atoms with van der Waals surface area (Å²) in [6, 6.07) is 18.4. The summed E-state index contributed by atoms with van der Waals surface area (Å²) >= 11 is 5.75. The summed E-state index contributed by atoms with van der Waals surface area (Å²) in [5.41, 5.74) is 2.24. The average Bonchev–Trinajstić information content (AvgIpc) is 3.04. The van der Waals surface area contributed by atoms with Crippen molar-refractivity contribution in [2.24, 2.45) is 0 Å². The van der Waals surface area contributed by atoms with Crippen molar-refractivity contribution in [3.63, 3.8) is 0 Å². The van der Waals surface area contributed by atoms with Crippen LogP contribution in [0.1, 0.15) is 12.5 Å². The van der Waals surface area contributed by atoms with Gasteiger partial charge in [-0.1, -0.05) is 48.5 Å². The van der Waals surface area contributed by atoms with Gasteiger partial charge in [-0.15, -0.1) is 11.7 Å². The zero-order valence-corrected chi connectivity index (χ0v) is 17.3. The van der Waals surface area contributed by atoms with Gasteiger partial charge in [0.1, 0.15) is 12.3 Å². The molecule has 0 saturated carbocycles. The van der Waals surface area contributed by atoms with Crippen LogP contribution in [0.4, 0.5) is 0 Å². The van der Waals surface area contributed by atoms with Crippen LogP contribution in [0.15, 0.2) is 67.3 Å².